The highest BCUT2D eigenvalue weighted by Crippen LogP contribution is 2.29. The second-order valence-corrected chi connectivity index (χ2v) is 8.86. The maximum absolute atomic E-state index is 11.3. The van der Waals surface area contributed by atoms with E-state index in [0.29, 0.717) is 36.7 Å². The summed E-state index contributed by atoms with van der Waals surface area (Å²) in [4.78, 5) is 33.0. The molecule has 222 valence electrons. The number of hydrogen-bond donors (Lipinski definition) is 1. The van der Waals surface area contributed by atoms with E-state index in [-0.39, 0.29) is 19.2 Å². The van der Waals surface area contributed by atoms with Crippen LogP contribution in [0.2, 0.25) is 0 Å². The molecule has 0 spiro atoms. The second kappa shape index (κ2) is 18.0. The number of aldehydes is 1. The Morgan fingerprint density at radius 2 is 1.25 bits per heavy atom. The van der Waals surface area contributed by atoms with E-state index in [4.69, 9.17) is 28.4 Å². The first-order chi connectivity index (χ1) is 19.0. The second-order valence-electron chi connectivity index (χ2n) is 8.86. The lowest BCUT2D eigenvalue weighted by Crippen LogP contribution is -2.23. The summed E-state index contributed by atoms with van der Waals surface area (Å²) in [6.07, 6.45) is -0.386. The number of benzene rings is 2. The molecule has 1 atom stereocenters. The zero-order chi connectivity index (χ0) is 30.2. The van der Waals surface area contributed by atoms with E-state index in [1.165, 1.54) is 14.2 Å². The lowest BCUT2D eigenvalue weighted by molar-refractivity contribution is -0.166. The molecule has 0 saturated heterocycles. The minimum absolute atomic E-state index is 0.0961. The third-order valence-corrected chi connectivity index (χ3v) is 5.84. The van der Waals surface area contributed by atoms with Crippen LogP contribution in [0.25, 0.3) is 0 Å². The number of carbonyl (C=O) groups excluding carboxylic acids is 3. The average Bonchev–Trinajstić information content (AvgIpc) is 2.91. The highest BCUT2D eigenvalue weighted by molar-refractivity contribution is 5.71. The largest absolute Gasteiger partial charge is 0.482 e. The van der Waals surface area contributed by atoms with Crippen LogP contribution in [0, 0.1) is 27.7 Å². The van der Waals surface area contributed by atoms with Crippen molar-refractivity contribution in [2.24, 2.45) is 0 Å². The molecule has 0 fully saturated rings. The first kappa shape index (κ1) is 34.6. The number of aliphatic hydroxyl groups excluding tert-OH is 1. The molecule has 0 saturated carbocycles. The highest BCUT2D eigenvalue weighted by atomic mass is 16.7. The molecule has 10 heteroatoms. The summed E-state index contributed by atoms with van der Waals surface area (Å²) in [5, 5.41) is 10.3. The number of hydrogen-bond acceptors (Lipinski definition) is 10. The smallest absolute Gasteiger partial charge is 0.344 e. The molecule has 0 bridgehead atoms. The maximum Gasteiger partial charge on any atom is 0.344 e. The van der Waals surface area contributed by atoms with Crippen molar-refractivity contribution >= 4 is 18.2 Å². The van der Waals surface area contributed by atoms with Gasteiger partial charge in [0.25, 0.3) is 0 Å². The predicted molar refractivity (Wildman–Crippen MR) is 149 cm³/mol. The maximum atomic E-state index is 11.3. The summed E-state index contributed by atoms with van der Waals surface area (Å²) in [6, 6.07) is 7.32. The number of methoxy groups -OCH3 is 2. The van der Waals surface area contributed by atoms with Crippen LogP contribution < -0.4 is 9.47 Å². The van der Waals surface area contributed by atoms with Crippen LogP contribution in [0.1, 0.15) is 53.3 Å². The van der Waals surface area contributed by atoms with Gasteiger partial charge in [-0.2, -0.15) is 0 Å². The lowest BCUT2D eigenvalue weighted by Gasteiger charge is -2.23. The highest BCUT2D eigenvalue weighted by Gasteiger charge is 2.23. The van der Waals surface area contributed by atoms with Crippen LogP contribution in [-0.2, 0) is 39.8 Å². The average molecular weight is 563 g/mol. The molecule has 0 aromatic heterocycles. The quantitative estimate of drug-likeness (QED) is 0.206. The Balaban J connectivity index is 0.000000408. The number of rotatable bonds is 14. The fraction of sp³-hybridized carbons (Fsp3) is 0.500. The number of carbonyl (C=O) groups is 3. The van der Waals surface area contributed by atoms with Gasteiger partial charge in [-0.25, -0.2) is 9.59 Å². The number of esters is 2. The van der Waals surface area contributed by atoms with E-state index in [2.05, 4.69) is 0 Å². The van der Waals surface area contributed by atoms with Crippen molar-refractivity contribution in [2.45, 2.75) is 60.4 Å². The van der Waals surface area contributed by atoms with Gasteiger partial charge in [0, 0.05) is 20.6 Å². The zero-order valence-corrected chi connectivity index (χ0v) is 24.7. The molecular formula is C30H42O10. The molecule has 40 heavy (non-hydrogen) atoms. The molecule has 0 aliphatic carbocycles. The van der Waals surface area contributed by atoms with E-state index >= 15 is 0 Å². The number of ether oxygens (including phenoxy) is 6. The molecule has 0 aliphatic rings. The Morgan fingerprint density at radius 1 is 0.775 bits per heavy atom. The van der Waals surface area contributed by atoms with Crippen LogP contribution in [0.4, 0.5) is 0 Å². The van der Waals surface area contributed by atoms with E-state index in [1.54, 1.807) is 26.0 Å². The molecule has 0 heterocycles. The van der Waals surface area contributed by atoms with Gasteiger partial charge in [0.15, 0.2) is 19.5 Å². The summed E-state index contributed by atoms with van der Waals surface area (Å²) < 4.78 is 30.6. The monoisotopic (exact) mass is 562 g/mol. The topological polar surface area (TPSA) is 127 Å². The van der Waals surface area contributed by atoms with Gasteiger partial charge in [0.05, 0.1) is 13.2 Å². The molecule has 1 N–H and O–H groups in total. The summed E-state index contributed by atoms with van der Waals surface area (Å²) in [7, 11) is 2.94. The normalized spacial score (nSPS) is 11.2. The van der Waals surface area contributed by atoms with Crippen molar-refractivity contribution in [3.63, 3.8) is 0 Å². The van der Waals surface area contributed by atoms with Gasteiger partial charge >= 0.3 is 11.9 Å². The van der Waals surface area contributed by atoms with E-state index in [9.17, 15) is 19.5 Å². The molecule has 0 radical (unpaired) electrons. The van der Waals surface area contributed by atoms with Crippen LogP contribution in [-0.4, -0.2) is 70.3 Å². The van der Waals surface area contributed by atoms with Crippen molar-refractivity contribution in [3.05, 3.63) is 57.6 Å². The first-order valence-corrected chi connectivity index (χ1v) is 13.0. The molecule has 2 aromatic carbocycles. The van der Waals surface area contributed by atoms with E-state index in [1.807, 2.05) is 39.8 Å². The van der Waals surface area contributed by atoms with E-state index in [0.717, 1.165) is 34.1 Å². The van der Waals surface area contributed by atoms with Crippen molar-refractivity contribution in [1.29, 1.82) is 0 Å². The summed E-state index contributed by atoms with van der Waals surface area (Å²) >= 11 is 0. The summed E-state index contributed by atoms with van der Waals surface area (Å²) in [5.74, 6) is 0.428. The third kappa shape index (κ3) is 11.0. The number of aliphatic hydroxyl groups is 1. The fourth-order valence-electron chi connectivity index (χ4n) is 3.78. The summed E-state index contributed by atoms with van der Waals surface area (Å²) in [5.41, 5.74) is 5.17. The predicted octanol–water partition coefficient (Wildman–Crippen LogP) is 3.88. The van der Waals surface area contributed by atoms with Gasteiger partial charge in [-0.15, -0.1) is 0 Å². The van der Waals surface area contributed by atoms with Gasteiger partial charge in [0.1, 0.15) is 23.9 Å². The lowest BCUT2D eigenvalue weighted by atomic mass is 9.99. The SMILES string of the molecule is CCOC(=O)COc1cc(C)c(C(O)C(OC)OC)cc1C.CCOC(=O)COc1cc(C)c(CC=O)cc1C. The molecule has 1 unspecified atom stereocenters. The Hall–Kier alpha value is -3.47. The van der Waals surface area contributed by atoms with Gasteiger partial charge in [-0.1, -0.05) is 6.07 Å². The van der Waals surface area contributed by atoms with Crippen LogP contribution >= 0.6 is 0 Å². The Labute approximate surface area is 236 Å². The van der Waals surface area contributed by atoms with Gasteiger partial charge in [0.2, 0.25) is 0 Å². The van der Waals surface area contributed by atoms with Crippen molar-refractivity contribution in [3.8, 4) is 11.5 Å². The first-order valence-electron chi connectivity index (χ1n) is 13.0. The standard InChI is InChI=1S/C16H24O6.C14H18O4/c1-6-21-14(17)9-22-13-8-10(2)12(7-11(13)3)15(18)16(19-4)20-5;1-4-17-14(16)9-18-13-8-10(2)12(5-6-15)7-11(13)3/h7-8,15-16,18H,6,9H2,1-5H3;6-8H,4-5,9H2,1-3H3. The van der Waals surface area contributed by atoms with Crippen molar-refractivity contribution < 1.29 is 47.9 Å². The molecule has 0 aliphatic heterocycles. The van der Waals surface area contributed by atoms with Gasteiger partial charge in [-0.3, -0.25) is 0 Å². The molecule has 2 aromatic rings. The Morgan fingerprint density at radius 3 is 1.70 bits per heavy atom. The molecule has 2 rings (SSSR count). The Kier molecular flexibility index (Phi) is 15.5. The third-order valence-electron chi connectivity index (χ3n) is 5.84. The van der Waals surface area contributed by atoms with Gasteiger partial charge in [-0.05, 0) is 93.1 Å². The zero-order valence-electron chi connectivity index (χ0n) is 24.7. The van der Waals surface area contributed by atoms with Crippen LogP contribution in [0.15, 0.2) is 24.3 Å². The molecule has 0 amide bonds. The number of aryl methyl sites for hydroxylation is 4. The van der Waals surface area contributed by atoms with Crippen molar-refractivity contribution in [1.82, 2.24) is 0 Å². The van der Waals surface area contributed by atoms with Crippen LogP contribution in [0.3, 0.4) is 0 Å². The fourth-order valence-corrected chi connectivity index (χ4v) is 3.78. The molecular weight excluding hydrogens is 520 g/mol. The Bertz CT molecular complexity index is 1110. The van der Waals surface area contributed by atoms with Gasteiger partial charge < -0.3 is 38.3 Å². The van der Waals surface area contributed by atoms with Crippen molar-refractivity contribution in [2.75, 3.05) is 40.6 Å². The summed E-state index contributed by atoms with van der Waals surface area (Å²) in [6.45, 7) is 11.4. The minimum Gasteiger partial charge on any atom is -0.482 e. The van der Waals surface area contributed by atoms with E-state index < -0.39 is 18.4 Å². The molecule has 10 nitrogen and oxygen atoms in total. The minimum atomic E-state index is -0.909. The van der Waals surface area contributed by atoms with Crippen LogP contribution in [0.5, 0.6) is 11.5 Å².